The Bertz CT molecular complexity index is 3530. The first-order chi connectivity index (χ1) is 40.0. The predicted molar refractivity (Wildman–Crippen MR) is 332 cm³/mol. The fourth-order valence-electron chi connectivity index (χ4n) is 8.71. The van der Waals surface area contributed by atoms with Crippen molar-refractivity contribution < 1.29 is 51.6 Å². The van der Waals surface area contributed by atoms with Crippen molar-refractivity contribution in [2.45, 2.75) is 104 Å². The number of hydrogen-bond donors (Lipinski definition) is 3. The molecular weight excluding hydrogens is 1270 g/mol. The number of nitrogens with one attached hydrogen (secondary N) is 1. The van der Waals surface area contributed by atoms with Gasteiger partial charge < -0.3 is 39.7 Å². The van der Waals surface area contributed by atoms with Crippen LogP contribution in [0.25, 0.3) is 49.5 Å². The van der Waals surface area contributed by atoms with E-state index in [2.05, 4.69) is 60.9 Å². The summed E-state index contributed by atoms with van der Waals surface area (Å²) in [5.41, 5.74) is 5.56. The minimum absolute atomic E-state index is 0.00478. The second-order valence-corrected chi connectivity index (χ2v) is 21.1. The molecule has 0 fully saturated rings. The van der Waals surface area contributed by atoms with Gasteiger partial charge in [-0.2, -0.15) is 4.99 Å². The van der Waals surface area contributed by atoms with Gasteiger partial charge in [0, 0.05) is 40.3 Å². The molecule has 434 valence electrons. The first-order valence-electron chi connectivity index (χ1n) is 27.0. The molecule has 0 atom stereocenters. The number of isothiocyanates is 1. The van der Waals surface area contributed by atoms with Gasteiger partial charge in [-0.15, -0.1) is 22.2 Å². The molecule has 16 nitrogen and oxygen atoms in total. The van der Waals surface area contributed by atoms with E-state index in [-0.39, 0.29) is 44.6 Å². The van der Waals surface area contributed by atoms with Crippen molar-refractivity contribution >= 4 is 107 Å². The zero-order chi connectivity index (χ0) is 60.4. The maximum atomic E-state index is 12.6. The number of thiocarbonyl (C=S) groups is 1. The number of aliphatic imine (C=N–C) groups is 1. The third-order valence-corrected chi connectivity index (χ3v) is 14.9. The number of aromatic nitrogens is 3. The summed E-state index contributed by atoms with van der Waals surface area (Å²) in [6, 6.07) is 27.9. The number of benzene rings is 5. The molecule has 1 aliphatic carbocycles. The first kappa shape index (κ1) is 64.0. The number of halogens is 3. The Balaban J connectivity index is 0.000000311. The molecule has 8 rings (SSSR count). The number of carbonyl (C=O) groups excluding carboxylic acids is 2. The van der Waals surface area contributed by atoms with Gasteiger partial charge in [0.05, 0.1) is 43.7 Å². The van der Waals surface area contributed by atoms with Crippen LogP contribution < -0.4 is 25.7 Å². The van der Waals surface area contributed by atoms with Crippen molar-refractivity contribution in [3.8, 4) is 50.1 Å². The van der Waals surface area contributed by atoms with Gasteiger partial charge in [0.2, 0.25) is 0 Å². The number of carboxylic acid groups (broad SMARTS) is 3. The van der Waals surface area contributed by atoms with Crippen molar-refractivity contribution in [3.63, 3.8) is 0 Å². The van der Waals surface area contributed by atoms with Crippen LogP contribution >= 0.6 is 61.1 Å². The van der Waals surface area contributed by atoms with Gasteiger partial charge in [-0.3, -0.25) is 9.59 Å². The molecule has 0 radical (unpaired) electrons. The van der Waals surface area contributed by atoms with Crippen molar-refractivity contribution in [2.75, 3.05) is 18.1 Å². The van der Waals surface area contributed by atoms with Crippen LogP contribution in [0.5, 0.6) is 11.5 Å². The maximum absolute atomic E-state index is 12.6. The number of fused-ring (bicyclic) bond motifs is 2. The topological polar surface area (TPSA) is 249 Å². The van der Waals surface area contributed by atoms with E-state index < -0.39 is 46.1 Å². The molecule has 3 heterocycles. The molecule has 0 bridgehead atoms. The van der Waals surface area contributed by atoms with Gasteiger partial charge in [-0.05, 0) is 119 Å². The Labute approximate surface area is 504 Å². The van der Waals surface area contributed by atoms with Gasteiger partial charge >= 0.3 is 41.9 Å². The number of amides is 1. The number of aromatic carboxylic acids is 2. The summed E-state index contributed by atoms with van der Waals surface area (Å²) in [6.07, 6.45) is 17.2. The minimum atomic E-state index is -2.51. The van der Waals surface area contributed by atoms with Crippen LogP contribution in [0.1, 0.15) is 133 Å². The van der Waals surface area contributed by atoms with E-state index in [1.807, 2.05) is 56.4 Å². The Kier molecular flexibility index (Phi) is 26.8. The Morgan fingerprint density at radius 2 is 1.57 bits per heavy atom. The number of ether oxygens (including phenoxy) is 1. The van der Waals surface area contributed by atoms with Gasteiger partial charge in [0.25, 0.3) is 5.91 Å². The van der Waals surface area contributed by atoms with Crippen LogP contribution in [-0.2, 0) is 17.6 Å². The summed E-state index contributed by atoms with van der Waals surface area (Å²) >= 11 is 6.49. The monoisotopic (exact) mass is 1330 g/mol. The van der Waals surface area contributed by atoms with Crippen molar-refractivity contribution in [1.82, 2.24) is 20.3 Å². The number of nitrogens with zero attached hydrogens (tertiary/aromatic N) is 4. The number of aryl methyl sites for hydroxylation is 2. The molecule has 0 unspecified atom stereocenters. The number of carbonyl (C=O) groups is 4. The number of thiophene rings is 1. The first-order valence-corrected chi connectivity index (χ1v) is 31.7. The summed E-state index contributed by atoms with van der Waals surface area (Å²) < 4.78 is 30.0. The van der Waals surface area contributed by atoms with Gasteiger partial charge in [0.15, 0.2) is 22.7 Å². The molecule has 2 aromatic heterocycles. The summed E-state index contributed by atoms with van der Waals surface area (Å²) in [7, 11) is 0. The molecule has 82 heavy (non-hydrogen) atoms. The van der Waals surface area contributed by atoms with Gasteiger partial charge in [0.1, 0.15) is 11.3 Å². The van der Waals surface area contributed by atoms with Crippen molar-refractivity contribution in [1.29, 1.82) is 0.594 Å². The van der Waals surface area contributed by atoms with Gasteiger partial charge in [-0.25, -0.2) is 14.3 Å². The zero-order valence-corrected chi connectivity index (χ0v) is 51.2. The third-order valence-electron chi connectivity index (χ3n) is 12.5. The van der Waals surface area contributed by atoms with Crippen LogP contribution in [0.4, 0.5) is 8.55 Å². The number of rotatable bonds is 25. The van der Waals surface area contributed by atoms with E-state index in [1.54, 1.807) is 41.1 Å². The van der Waals surface area contributed by atoms with E-state index in [9.17, 15) is 42.2 Å². The second kappa shape index (κ2) is 34.3. The third kappa shape index (κ3) is 19.2. The quantitative estimate of drug-likeness (QED) is 0.0120. The molecule has 1 aliphatic heterocycles. The summed E-state index contributed by atoms with van der Waals surface area (Å²) in [4.78, 5) is 64.7. The van der Waals surface area contributed by atoms with Crippen molar-refractivity contribution in [2.24, 2.45) is 4.99 Å². The standard InChI is InChI=1S/C37H45BrN4O6S.C21H11NO5S.C2H6.CH4FI/c1-2-3-4-5-6-7-8-9-10-11-12-22-39-36(45)27-17-20-30(21-18-27)42-24-29(40-41-42)19-16-26-14-13-15-28(23-26)34-32(38)33(48-25-31(43)44)35(49-34)37(46)47;23-12-2-5-15-18(8-12)27-19-9-13(24)3-6-16(19)20(15)14-4-1-11(22-10-28)7-17(14)21(25)26;1-2;1-3-2/h13-15,17-18,20-21,23-24H,2-12,16,19,22,25H2,1H3,(H,39,45)(H,43,44)(H,46,47);1-9,23H,(H,25,26);1-2H3;3H,1H3/p-2/i;;;3T. The number of alkyl halides is 1. The van der Waals surface area contributed by atoms with Crippen molar-refractivity contribution in [3.05, 3.63) is 151 Å². The van der Waals surface area contributed by atoms with E-state index in [1.165, 1.54) is 93.0 Å². The molecule has 6 aromatic rings. The van der Waals surface area contributed by atoms with E-state index in [0.29, 0.717) is 62.1 Å². The molecule has 4 aromatic carbocycles. The molecule has 3 N–H and O–H groups in total. The molecule has 0 spiro atoms. The number of hydrogen-bond acceptors (Lipinski definition) is 14. The fraction of sp³-hybridized carbons (Fsp3) is 0.311. The predicted octanol–water partition coefficient (Wildman–Crippen LogP) is 13.7. The molecule has 0 saturated carbocycles. The molecule has 1 amide bonds. The van der Waals surface area contributed by atoms with Crippen LogP contribution in [0.3, 0.4) is 0 Å². The van der Waals surface area contributed by atoms with Crippen LogP contribution in [0.2, 0.25) is 0 Å². The summed E-state index contributed by atoms with van der Waals surface area (Å²) in [6.45, 7) is 6.29. The summed E-state index contributed by atoms with van der Waals surface area (Å²) in [5.74, 6) is -3.89. The van der Waals surface area contributed by atoms with E-state index in [4.69, 9.17) is 14.9 Å². The van der Waals surface area contributed by atoms with Crippen LogP contribution in [0, 0.1) is 0 Å². The van der Waals surface area contributed by atoms with E-state index >= 15 is 0 Å². The number of unbranched alkanes of at least 4 members (excludes halogenated alkanes) is 10. The number of carboxylic acids is 3. The molecular formula is C61H64BrFIN5O11S2-2. The van der Waals surface area contributed by atoms with Crippen LogP contribution in [0.15, 0.2) is 128 Å². The summed E-state index contributed by atoms with van der Waals surface area (Å²) in [5, 5.41) is 56.5. The van der Waals surface area contributed by atoms with Gasteiger partial charge in [-0.1, -0.05) is 133 Å². The van der Waals surface area contributed by atoms with Crippen LogP contribution in [-0.4, -0.2) is 72.9 Å². The average Bonchev–Trinajstić information content (AvgIpc) is 4.22. The second-order valence-electron chi connectivity index (χ2n) is 18.2. The number of aliphatic carboxylic acids is 1. The normalized spacial score (nSPS) is 10.9. The van der Waals surface area contributed by atoms with E-state index in [0.717, 1.165) is 46.7 Å². The Hall–Kier alpha value is -7.17. The fourth-order valence-corrected chi connectivity index (χ4v) is 10.7. The molecule has 21 heteroatoms. The Morgan fingerprint density at radius 3 is 2.22 bits per heavy atom. The average molecular weight is 1340 g/mol. The molecule has 0 saturated heterocycles. The molecule has 2 aliphatic rings. The zero-order valence-electron chi connectivity index (χ0n) is 46.8. The SMILES string of the molecule is CC.CCCCCCCCCCCCCNC(=O)c1ccc(-n2cc(CCc3cccc(-c4sc(C(=O)O)c(OCC(=O)O)c4Br)c3)nn2)cc1.O=C([O-])c1cc(N=C=S)ccc1-c1c2ccc(=O)cc-2oc2cc([O-])ccc12.[3H]I(C)F. The Morgan fingerprint density at radius 1 is 0.902 bits per heavy atom.